The van der Waals surface area contributed by atoms with Crippen molar-refractivity contribution in [1.29, 1.82) is 0 Å². The van der Waals surface area contributed by atoms with Crippen molar-refractivity contribution >= 4 is 123 Å². The summed E-state index contributed by atoms with van der Waals surface area (Å²) in [5, 5.41) is 69.9. The van der Waals surface area contributed by atoms with E-state index in [1.807, 2.05) is 45.2 Å². The Hall–Kier alpha value is -9.44. The molecule has 0 aliphatic heterocycles. The van der Waals surface area contributed by atoms with Crippen molar-refractivity contribution in [1.82, 2.24) is 89.0 Å². The lowest BCUT2D eigenvalue weighted by molar-refractivity contribution is -0.176. The number of aliphatic hydroxyl groups is 3. The van der Waals surface area contributed by atoms with Crippen LogP contribution in [-0.4, -0.2) is 260 Å². The number of carbonyl (C=O) groups excluding carboxylic acids is 15. The average molecular weight is 1720 g/mol. The number of imidazole rings is 1. The van der Waals surface area contributed by atoms with Crippen LogP contribution in [0.15, 0.2) is 43.0 Å². The molecule has 7 rings (SSSR count). The number of aliphatic hydroxyl groups excluding tert-OH is 3. The molecule has 0 spiro atoms. The van der Waals surface area contributed by atoms with E-state index in [4.69, 9.17) is 11.5 Å². The second kappa shape index (κ2) is 46.5. The molecule has 0 bridgehead atoms. The fourth-order valence-electron chi connectivity index (χ4n) is 17.7. The maximum absolute atomic E-state index is 14.6. The summed E-state index contributed by atoms with van der Waals surface area (Å²) in [4.78, 5) is 213. The van der Waals surface area contributed by atoms with E-state index < -0.39 is 180 Å². The average Bonchev–Trinajstić information content (AvgIpc) is 1.50. The number of aromatic nitrogens is 3. The van der Waals surface area contributed by atoms with E-state index in [2.05, 4.69) is 91.0 Å². The number of H-pyrrole nitrogens is 2. The van der Waals surface area contributed by atoms with Gasteiger partial charge in [0, 0.05) is 73.4 Å². The number of primary amides is 2. The van der Waals surface area contributed by atoms with Crippen molar-refractivity contribution in [3.8, 4) is 0 Å². The molecule has 4 aliphatic rings. The summed E-state index contributed by atoms with van der Waals surface area (Å²) in [7, 11) is 3.31. The monoisotopic (exact) mass is 1720 g/mol. The van der Waals surface area contributed by atoms with Crippen LogP contribution >= 0.6 is 23.5 Å². The number of fused-ring (bicyclic) bond motifs is 6. The van der Waals surface area contributed by atoms with Crippen LogP contribution in [-0.2, 0) is 84.8 Å². The van der Waals surface area contributed by atoms with Gasteiger partial charge >= 0.3 is 0 Å². The summed E-state index contributed by atoms with van der Waals surface area (Å²) in [6, 6.07) is -4.50. The smallest absolute Gasteiger partial charge is 0.245 e. The van der Waals surface area contributed by atoms with E-state index in [0.717, 1.165) is 41.9 Å². The molecular formula is C81H127N19O18S2. The largest absolute Gasteiger partial charge is 0.394 e. The Bertz CT molecular complexity index is 4040. The van der Waals surface area contributed by atoms with Crippen molar-refractivity contribution in [2.45, 2.75) is 224 Å². The van der Waals surface area contributed by atoms with Crippen LogP contribution < -0.4 is 80.6 Å². The molecule has 2 aromatic heterocycles. The maximum atomic E-state index is 14.6. The normalized spacial score (nSPS) is 23.0. The summed E-state index contributed by atoms with van der Waals surface area (Å²) in [5.41, 5.74) is 12.3. The molecule has 4 fully saturated rings. The maximum Gasteiger partial charge on any atom is 0.245 e. The Morgan fingerprint density at radius 1 is 0.625 bits per heavy atom. The molecule has 37 nitrogen and oxygen atoms in total. The number of benzene rings is 1. The minimum atomic E-state index is -1.41. The summed E-state index contributed by atoms with van der Waals surface area (Å²) in [6.07, 6.45) is 9.06. The van der Waals surface area contributed by atoms with Crippen LogP contribution in [0.1, 0.15) is 150 Å². The van der Waals surface area contributed by atoms with Crippen molar-refractivity contribution in [2.75, 3.05) is 64.0 Å². The highest BCUT2D eigenvalue weighted by Gasteiger charge is 2.63. The Balaban J connectivity index is 0.936. The van der Waals surface area contributed by atoms with E-state index in [1.54, 1.807) is 45.1 Å². The summed E-state index contributed by atoms with van der Waals surface area (Å²) in [5.74, 6) is -10.7. The number of amides is 15. The van der Waals surface area contributed by atoms with Crippen LogP contribution in [0.4, 0.5) is 0 Å². The SMILES string of the molecule is CSCC[C@H](NC(=O)[C@H](CC(C)C)NC(=O)[C@H](Cc1cnc[nH]1)NC(=O)CNC(=O)[C@@H](NC(=O)[C@H](C)NC(=O)[C@H](Cc1c[nH]c2ccccc12)NC(=O)[C@H](CCC(N)=O)NC(=O)CCC(C)[C@H]1CCC2C3C(C[C@H](O)[C@@]21C)C1CC[C@H](NC(=O)CNC(=O)[C@H](CSCNC(C)=O)NC(=O)[C@H](CO)NC(=O)CN(C)C)CC1C[C@H]3O)C(C)C)C(N)=O. The number of nitrogens with zero attached hydrogens (tertiary/aromatic N) is 2. The fourth-order valence-corrected chi connectivity index (χ4v) is 19.1. The van der Waals surface area contributed by atoms with Crippen molar-refractivity contribution in [3.05, 3.63) is 54.2 Å². The zero-order chi connectivity index (χ0) is 88.4. The van der Waals surface area contributed by atoms with Crippen molar-refractivity contribution in [3.63, 3.8) is 0 Å². The van der Waals surface area contributed by atoms with Crippen LogP contribution in [0.3, 0.4) is 0 Å². The van der Waals surface area contributed by atoms with E-state index in [1.165, 1.54) is 38.1 Å². The third kappa shape index (κ3) is 28.3. The Labute approximate surface area is 708 Å². The van der Waals surface area contributed by atoms with E-state index in [9.17, 15) is 87.2 Å². The molecular weight excluding hydrogens is 1590 g/mol. The van der Waals surface area contributed by atoms with E-state index in [0.29, 0.717) is 49.1 Å². The number of rotatable bonds is 47. The number of nitrogens with two attached hydrogens (primary N) is 2. The van der Waals surface area contributed by atoms with Gasteiger partial charge in [0.1, 0.15) is 54.4 Å². The molecule has 39 heteroatoms. The highest BCUT2D eigenvalue weighted by Crippen LogP contribution is 2.65. The highest BCUT2D eigenvalue weighted by atomic mass is 32.2. The molecule has 3 aromatic rings. The lowest BCUT2D eigenvalue weighted by atomic mass is 9.47. The lowest BCUT2D eigenvalue weighted by Gasteiger charge is -2.59. The molecule has 0 saturated heterocycles. The number of para-hydroxylation sites is 1. The minimum absolute atomic E-state index is 0.00384. The summed E-state index contributed by atoms with van der Waals surface area (Å²) < 4.78 is 0. The number of thioether (sulfide) groups is 2. The van der Waals surface area contributed by atoms with Gasteiger partial charge < -0.3 is 111 Å². The number of hydrogen-bond donors (Lipinski definition) is 20. The number of hydrogen-bond acceptors (Lipinski definition) is 22. The molecule has 4 saturated carbocycles. The fraction of sp³-hybridized carbons (Fsp3) is 0.679. The van der Waals surface area contributed by atoms with Gasteiger partial charge in [-0.1, -0.05) is 59.7 Å². The van der Waals surface area contributed by atoms with Gasteiger partial charge in [0.2, 0.25) is 88.6 Å². The van der Waals surface area contributed by atoms with Crippen LogP contribution in [0.5, 0.6) is 0 Å². The minimum Gasteiger partial charge on any atom is -0.394 e. The number of likely N-dealkylation sites (N-methyl/N-ethyl adjacent to an activating group) is 1. The topological polar surface area (TPSA) is 573 Å². The van der Waals surface area contributed by atoms with E-state index in [-0.39, 0.29) is 122 Å². The lowest BCUT2D eigenvalue weighted by Crippen LogP contribution is -2.60. The first-order valence-electron chi connectivity index (χ1n) is 41.4. The van der Waals surface area contributed by atoms with Crippen LogP contribution in [0.25, 0.3) is 10.9 Å². The number of aromatic amines is 2. The summed E-state index contributed by atoms with van der Waals surface area (Å²) >= 11 is 2.59. The first-order valence-corrected chi connectivity index (χ1v) is 43.9. The molecule has 1 aromatic carbocycles. The van der Waals surface area contributed by atoms with E-state index >= 15 is 0 Å². The van der Waals surface area contributed by atoms with Gasteiger partial charge in [0.05, 0.1) is 50.7 Å². The van der Waals surface area contributed by atoms with Gasteiger partial charge in [-0.25, -0.2) is 4.98 Å². The van der Waals surface area contributed by atoms with Gasteiger partial charge in [0.15, 0.2) is 0 Å². The molecule has 2 heterocycles. The predicted molar refractivity (Wildman–Crippen MR) is 449 cm³/mol. The zero-order valence-electron chi connectivity index (χ0n) is 70.6. The van der Waals surface area contributed by atoms with Crippen LogP contribution in [0, 0.1) is 58.7 Å². The Kier molecular flexibility index (Phi) is 37.9. The zero-order valence-corrected chi connectivity index (χ0v) is 72.2. The summed E-state index contributed by atoms with van der Waals surface area (Å²) in [6.45, 7) is 11.8. The number of nitrogens with one attached hydrogen (secondary N) is 15. The number of carbonyl (C=O) groups is 15. The standard InChI is InChI=1S/C81H127N19O18S2/c1-41(2)26-58(77(115)95-56(72(83)110)24-25-119-11)96-78(116)60(30-49-33-84-39-88-49)93-68(108)35-87-80(118)71(42(3)4)99-73(111)44(6)90-76(114)59(28-47-32-85-55-15-13-12-14-51(47)55)97-75(113)57(21-22-65(82)105)92-66(106)23-16-43(5)53-19-20-54-70-52(31-64(104)81(53,54)8)50-18-17-48(27-46(50)29-63(70)103)91-67(107)34-86-74(112)62(38-120-40-89-45(7)102)98-79(117)61(37-101)94-69(109)36-100(9)10/h12-15,32-33,39,41-44,46,48,50,52-54,56-64,70-71,85,101,103-104H,16-31,34-38,40H2,1-11H3,(H2,82,105)(H2,83,110)(H,84,88)(H,86,112)(H,87,118)(H,89,102)(H,90,114)(H,91,107)(H,92,106)(H,93,108)(H,94,109)(H,95,115)(H,96,116)(H,97,113)(H,98,117)(H,99,111)/t43?,44-,46?,48-,50?,52?,53+,54?,56-,57-,58-,59-,60-,61-,62-,63+,64-,70?,71-,81+/m0/s1. The molecule has 666 valence electrons. The molecule has 22 N–H and O–H groups in total. The van der Waals surface area contributed by atoms with Crippen LogP contribution in [0.2, 0.25) is 0 Å². The predicted octanol–water partition coefficient (Wildman–Crippen LogP) is -2.01. The third-order valence-electron chi connectivity index (χ3n) is 23.8. The van der Waals surface area contributed by atoms with Crippen molar-refractivity contribution < 1.29 is 87.2 Å². The van der Waals surface area contributed by atoms with Gasteiger partial charge in [-0.3, -0.25) is 71.9 Å². The van der Waals surface area contributed by atoms with Gasteiger partial charge in [-0.15, -0.1) is 11.8 Å². The second-order valence-electron chi connectivity index (χ2n) is 33.8. The molecule has 6 unspecified atom stereocenters. The van der Waals surface area contributed by atoms with Gasteiger partial charge in [0.25, 0.3) is 0 Å². The first-order chi connectivity index (χ1) is 56.8. The molecule has 15 amide bonds. The molecule has 20 atom stereocenters. The Morgan fingerprint density at radius 2 is 1.26 bits per heavy atom. The third-order valence-corrected chi connectivity index (χ3v) is 25.4. The quantitative estimate of drug-likeness (QED) is 0.0215. The second-order valence-corrected chi connectivity index (χ2v) is 35.8. The Morgan fingerprint density at radius 3 is 1.92 bits per heavy atom. The van der Waals surface area contributed by atoms with Gasteiger partial charge in [-0.05, 0) is 174 Å². The molecule has 4 aliphatic carbocycles. The molecule has 120 heavy (non-hydrogen) atoms. The first kappa shape index (κ1) is 97.7. The van der Waals surface area contributed by atoms with Crippen molar-refractivity contribution in [2.24, 2.45) is 70.1 Å². The molecule has 0 radical (unpaired) electrons. The highest BCUT2D eigenvalue weighted by molar-refractivity contribution is 7.99. The van der Waals surface area contributed by atoms with Gasteiger partial charge in [-0.2, -0.15) is 11.8 Å².